The van der Waals surface area contributed by atoms with E-state index in [0.717, 1.165) is 31.3 Å². The van der Waals surface area contributed by atoms with Crippen molar-refractivity contribution in [1.29, 1.82) is 0 Å². The Hall–Kier alpha value is -1.83. The Labute approximate surface area is 125 Å². The van der Waals surface area contributed by atoms with Crippen LogP contribution in [-0.2, 0) is 19.8 Å². The number of imidazole rings is 1. The summed E-state index contributed by atoms with van der Waals surface area (Å²) in [5.74, 6) is 1.25. The number of halogens is 3. The molecule has 0 radical (unpaired) electrons. The second-order valence-electron chi connectivity index (χ2n) is 5.65. The highest BCUT2D eigenvalue weighted by molar-refractivity contribution is 5.12. The van der Waals surface area contributed by atoms with E-state index in [-0.39, 0.29) is 5.92 Å². The maximum Gasteiger partial charge on any atom is 0.434 e. The molecule has 1 aliphatic heterocycles. The van der Waals surface area contributed by atoms with Gasteiger partial charge >= 0.3 is 6.18 Å². The first-order valence-electron chi connectivity index (χ1n) is 7.16. The molecule has 2 aromatic rings. The van der Waals surface area contributed by atoms with Gasteiger partial charge < -0.3 is 9.09 Å². The standard InChI is InChI=1S/C14H17F3N4O/c1-20-9-12(14(15,16)17)19-13(20)10-3-2-6-21(7-10)8-11-4-5-18-22-11/h4-5,9-10H,2-3,6-8H2,1H3/t10-/m1/s1. The van der Waals surface area contributed by atoms with Crippen molar-refractivity contribution >= 4 is 0 Å². The molecular formula is C14H17F3N4O. The molecule has 8 heteroatoms. The third kappa shape index (κ3) is 3.16. The first-order valence-corrected chi connectivity index (χ1v) is 7.16. The van der Waals surface area contributed by atoms with Gasteiger partial charge in [-0.15, -0.1) is 0 Å². The normalized spacial score (nSPS) is 20.5. The maximum atomic E-state index is 12.8. The summed E-state index contributed by atoms with van der Waals surface area (Å²) < 4.78 is 44.9. The van der Waals surface area contributed by atoms with Crippen LogP contribution in [0.15, 0.2) is 23.0 Å². The molecule has 5 nitrogen and oxygen atoms in total. The first kappa shape index (κ1) is 15.1. The molecule has 0 amide bonds. The molecule has 0 aromatic carbocycles. The van der Waals surface area contributed by atoms with Gasteiger partial charge in [-0.25, -0.2) is 4.98 Å². The van der Waals surface area contributed by atoms with Crippen molar-refractivity contribution in [3.05, 3.63) is 35.7 Å². The third-order valence-electron chi connectivity index (χ3n) is 3.94. The van der Waals surface area contributed by atoms with Crippen molar-refractivity contribution in [1.82, 2.24) is 19.6 Å². The maximum absolute atomic E-state index is 12.8. The van der Waals surface area contributed by atoms with Gasteiger partial charge in [0.1, 0.15) is 5.82 Å². The molecule has 0 saturated carbocycles. The van der Waals surface area contributed by atoms with Gasteiger partial charge in [-0.3, -0.25) is 4.90 Å². The second kappa shape index (κ2) is 5.75. The van der Waals surface area contributed by atoms with E-state index in [2.05, 4.69) is 15.0 Å². The van der Waals surface area contributed by atoms with E-state index in [4.69, 9.17) is 4.52 Å². The Morgan fingerprint density at radius 2 is 2.23 bits per heavy atom. The summed E-state index contributed by atoms with van der Waals surface area (Å²) in [6.07, 6.45) is 0.0160. The van der Waals surface area contributed by atoms with Gasteiger partial charge in [0.15, 0.2) is 11.5 Å². The third-order valence-corrected chi connectivity index (χ3v) is 3.94. The molecule has 22 heavy (non-hydrogen) atoms. The van der Waals surface area contributed by atoms with Crippen LogP contribution in [-0.4, -0.2) is 32.7 Å². The molecule has 120 valence electrons. The summed E-state index contributed by atoms with van der Waals surface area (Å²) in [7, 11) is 1.62. The highest BCUT2D eigenvalue weighted by Crippen LogP contribution is 2.32. The molecule has 0 spiro atoms. The van der Waals surface area contributed by atoms with E-state index in [9.17, 15) is 13.2 Å². The Balaban J connectivity index is 1.73. The zero-order chi connectivity index (χ0) is 15.7. The fourth-order valence-corrected chi connectivity index (χ4v) is 2.95. The molecular weight excluding hydrogens is 297 g/mol. The number of hydrogen-bond acceptors (Lipinski definition) is 4. The number of aromatic nitrogens is 3. The summed E-state index contributed by atoms with van der Waals surface area (Å²) in [5, 5.41) is 3.67. The summed E-state index contributed by atoms with van der Waals surface area (Å²) in [6.45, 7) is 2.18. The van der Waals surface area contributed by atoms with Gasteiger partial charge in [-0.1, -0.05) is 5.16 Å². The van der Waals surface area contributed by atoms with E-state index in [1.165, 1.54) is 4.57 Å². The smallest absolute Gasteiger partial charge is 0.360 e. The van der Waals surface area contributed by atoms with Crippen LogP contribution in [0.1, 0.15) is 36.0 Å². The number of rotatable bonds is 3. The van der Waals surface area contributed by atoms with Crippen LogP contribution in [0.5, 0.6) is 0 Å². The van der Waals surface area contributed by atoms with Gasteiger partial charge in [0.05, 0.1) is 12.7 Å². The topological polar surface area (TPSA) is 47.1 Å². The molecule has 3 heterocycles. The van der Waals surface area contributed by atoms with Crippen molar-refractivity contribution in [2.45, 2.75) is 31.5 Å². The van der Waals surface area contributed by atoms with Crippen LogP contribution in [0.25, 0.3) is 0 Å². The Bertz CT molecular complexity index is 621. The fourth-order valence-electron chi connectivity index (χ4n) is 2.95. The summed E-state index contributed by atoms with van der Waals surface area (Å²) in [6, 6.07) is 1.80. The van der Waals surface area contributed by atoms with Crippen LogP contribution in [0.2, 0.25) is 0 Å². The number of nitrogens with zero attached hydrogens (tertiary/aromatic N) is 4. The average Bonchev–Trinajstić information content (AvgIpc) is 3.08. The van der Waals surface area contributed by atoms with Crippen molar-refractivity contribution < 1.29 is 17.7 Å². The molecule has 0 aliphatic carbocycles. The second-order valence-corrected chi connectivity index (χ2v) is 5.65. The Kier molecular flexibility index (Phi) is 3.94. The van der Waals surface area contributed by atoms with Crippen LogP contribution < -0.4 is 0 Å². The van der Waals surface area contributed by atoms with Gasteiger partial charge in [-0.05, 0) is 19.4 Å². The van der Waals surface area contributed by atoms with E-state index < -0.39 is 11.9 Å². The molecule has 3 rings (SSSR count). The first-order chi connectivity index (χ1) is 10.4. The van der Waals surface area contributed by atoms with E-state index >= 15 is 0 Å². The molecule has 1 fully saturated rings. The minimum atomic E-state index is -4.40. The zero-order valence-electron chi connectivity index (χ0n) is 12.2. The molecule has 0 N–H and O–H groups in total. The van der Waals surface area contributed by atoms with Crippen LogP contribution in [0.4, 0.5) is 13.2 Å². The van der Waals surface area contributed by atoms with Crippen molar-refractivity contribution in [3.63, 3.8) is 0 Å². The lowest BCUT2D eigenvalue weighted by molar-refractivity contribution is -0.141. The van der Waals surface area contributed by atoms with E-state index in [0.29, 0.717) is 18.9 Å². The van der Waals surface area contributed by atoms with Crippen LogP contribution in [0.3, 0.4) is 0 Å². The Morgan fingerprint density at radius 3 is 2.86 bits per heavy atom. The quantitative estimate of drug-likeness (QED) is 0.874. The number of piperidine rings is 1. The van der Waals surface area contributed by atoms with Crippen molar-refractivity contribution in [2.24, 2.45) is 7.05 Å². The largest absolute Gasteiger partial charge is 0.434 e. The Morgan fingerprint density at radius 1 is 1.41 bits per heavy atom. The van der Waals surface area contributed by atoms with Crippen molar-refractivity contribution in [2.75, 3.05) is 13.1 Å². The number of aryl methyl sites for hydroxylation is 1. The zero-order valence-corrected chi connectivity index (χ0v) is 12.2. The molecule has 0 unspecified atom stereocenters. The lowest BCUT2D eigenvalue weighted by Crippen LogP contribution is -2.34. The van der Waals surface area contributed by atoms with Crippen molar-refractivity contribution in [3.8, 4) is 0 Å². The molecule has 1 aliphatic rings. The predicted octanol–water partition coefficient (Wildman–Crippen LogP) is 2.81. The highest BCUT2D eigenvalue weighted by atomic mass is 19.4. The summed E-state index contributed by atoms with van der Waals surface area (Å²) in [5.41, 5.74) is -0.822. The van der Waals surface area contributed by atoms with Gasteiger partial charge in [-0.2, -0.15) is 13.2 Å². The SMILES string of the molecule is Cn1cc(C(F)(F)F)nc1[C@@H]1CCCN(Cc2ccno2)C1. The van der Waals surface area contributed by atoms with Crippen LogP contribution in [0, 0.1) is 0 Å². The lowest BCUT2D eigenvalue weighted by Gasteiger charge is -2.31. The van der Waals surface area contributed by atoms with Gasteiger partial charge in [0.2, 0.25) is 0 Å². The minimum Gasteiger partial charge on any atom is -0.360 e. The lowest BCUT2D eigenvalue weighted by atomic mass is 9.97. The minimum absolute atomic E-state index is 0.00206. The highest BCUT2D eigenvalue weighted by Gasteiger charge is 2.36. The number of likely N-dealkylation sites (tertiary alicyclic amines) is 1. The summed E-state index contributed by atoms with van der Waals surface area (Å²) in [4.78, 5) is 5.98. The van der Waals surface area contributed by atoms with Gasteiger partial charge in [0.25, 0.3) is 0 Å². The molecule has 2 aromatic heterocycles. The molecule has 0 bridgehead atoms. The predicted molar refractivity (Wildman–Crippen MR) is 72.0 cm³/mol. The van der Waals surface area contributed by atoms with E-state index in [1.54, 1.807) is 19.3 Å². The van der Waals surface area contributed by atoms with Gasteiger partial charge in [0, 0.05) is 31.8 Å². The molecule has 1 saturated heterocycles. The summed E-state index contributed by atoms with van der Waals surface area (Å²) >= 11 is 0. The monoisotopic (exact) mass is 314 g/mol. The average molecular weight is 314 g/mol. The molecule has 1 atom stereocenters. The number of alkyl halides is 3. The fraction of sp³-hybridized carbons (Fsp3) is 0.571. The number of hydrogen-bond donors (Lipinski definition) is 0. The van der Waals surface area contributed by atoms with Crippen LogP contribution >= 0.6 is 0 Å². The van der Waals surface area contributed by atoms with E-state index in [1.807, 2.05) is 0 Å².